The van der Waals surface area contributed by atoms with E-state index in [2.05, 4.69) is 5.32 Å². The minimum absolute atomic E-state index is 0.0160. The van der Waals surface area contributed by atoms with Crippen LogP contribution in [-0.4, -0.2) is 44.5 Å². The number of nitrogens with one attached hydrogen (secondary N) is 1. The number of carbonyl (C=O) groups excluding carboxylic acids is 1. The van der Waals surface area contributed by atoms with Crippen LogP contribution < -0.4 is 11.1 Å². The summed E-state index contributed by atoms with van der Waals surface area (Å²) in [7, 11) is 1.61. The second-order valence-corrected chi connectivity index (χ2v) is 3.99. The first-order valence-electron chi connectivity index (χ1n) is 6.08. The van der Waals surface area contributed by atoms with E-state index in [4.69, 9.17) is 15.2 Å². The molecule has 0 aliphatic heterocycles. The molecule has 0 saturated carbocycles. The highest BCUT2D eigenvalue weighted by atomic mass is 16.5. The number of methoxy groups -OCH3 is 1. The van der Waals surface area contributed by atoms with Crippen molar-refractivity contribution in [2.75, 3.05) is 39.2 Å². The zero-order chi connectivity index (χ0) is 14.1. The fourth-order valence-corrected chi connectivity index (χ4v) is 1.46. The molecule has 6 nitrogen and oxygen atoms in total. The Hall–Kier alpha value is -1.79. The molecule has 1 aromatic rings. The van der Waals surface area contributed by atoms with Gasteiger partial charge in [0, 0.05) is 25.9 Å². The maximum Gasteiger partial charge on any atom is 0.253 e. The summed E-state index contributed by atoms with van der Waals surface area (Å²) < 4.78 is 10.1. The summed E-state index contributed by atoms with van der Waals surface area (Å²) in [6, 6.07) is 4.29. The topological polar surface area (TPSA) is 93.8 Å². The molecule has 6 heteroatoms. The van der Waals surface area contributed by atoms with Gasteiger partial charge >= 0.3 is 0 Å². The van der Waals surface area contributed by atoms with Gasteiger partial charge < -0.3 is 25.6 Å². The van der Waals surface area contributed by atoms with Crippen molar-refractivity contribution in [1.82, 2.24) is 5.32 Å². The van der Waals surface area contributed by atoms with E-state index in [1.807, 2.05) is 0 Å². The zero-order valence-electron chi connectivity index (χ0n) is 11.0. The molecule has 0 radical (unpaired) electrons. The highest BCUT2D eigenvalue weighted by Gasteiger charge is 2.09. The molecule has 0 unspecified atom stereocenters. The van der Waals surface area contributed by atoms with Gasteiger partial charge in [0.15, 0.2) is 0 Å². The average molecular weight is 268 g/mol. The molecule has 1 amide bonds. The number of hydrogen-bond acceptors (Lipinski definition) is 5. The number of benzene rings is 1. The van der Waals surface area contributed by atoms with Crippen molar-refractivity contribution in [2.45, 2.75) is 6.42 Å². The number of ether oxygens (including phenoxy) is 2. The molecule has 0 spiro atoms. The summed E-state index contributed by atoms with van der Waals surface area (Å²) in [6.07, 6.45) is 0.703. The maximum atomic E-state index is 11.8. The van der Waals surface area contributed by atoms with E-state index < -0.39 is 0 Å². The van der Waals surface area contributed by atoms with Crippen LogP contribution in [0.2, 0.25) is 0 Å². The third-order valence-corrected chi connectivity index (χ3v) is 2.46. The molecule has 1 rings (SSSR count). The molecule has 4 N–H and O–H groups in total. The fraction of sp³-hybridized carbons (Fsp3) is 0.462. The van der Waals surface area contributed by atoms with E-state index in [1.165, 1.54) is 18.2 Å². The lowest BCUT2D eigenvalue weighted by Gasteiger charge is -2.08. The van der Waals surface area contributed by atoms with Crippen molar-refractivity contribution in [3.8, 4) is 5.75 Å². The van der Waals surface area contributed by atoms with Crippen LogP contribution in [0.1, 0.15) is 16.8 Å². The third kappa shape index (κ3) is 5.58. The van der Waals surface area contributed by atoms with Crippen LogP contribution in [-0.2, 0) is 9.47 Å². The van der Waals surface area contributed by atoms with Crippen LogP contribution in [0.3, 0.4) is 0 Å². The normalized spacial score (nSPS) is 10.4. The summed E-state index contributed by atoms with van der Waals surface area (Å²) in [6.45, 7) is 2.15. The molecule has 0 bridgehead atoms. The maximum absolute atomic E-state index is 11.8. The van der Waals surface area contributed by atoms with Crippen molar-refractivity contribution >= 4 is 11.6 Å². The molecule has 106 valence electrons. The number of phenolic OH excluding ortho intramolecular Hbond substituents is 1. The van der Waals surface area contributed by atoms with Crippen molar-refractivity contribution in [2.24, 2.45) is 0 Å². The summed E-state index contributed by atoms with van der Waals surface area (Å²) in [4.78, 5) is 11.8. The lowest BCUT2D eigenvalue weighted by atomic mass is 10.1. The number of amides is 1. The van der Waals surface area contributed by atoms with Gasteiger partial charge in [0.1, 0.15) is 5.75 Å². The standard InChI is InChI=1S/C13H20N2O4/c1-18-7-8-19-6-2-5-15-13(17)11-9-10(16)3-4-12(11)14/h3-4,9,16H,2,5-8,14H2,1H3,(H,15,17). The minimum Gasteiger partial charge on any atom is -0.508 e. The van der Waals surface area contributed by atoms with Crippen LogP contribution >= 0.6 is 0 Å². The van der Waals surface area contributed by atoms with Crippen molar-refractivity contribution < 1.29 is 19.4 Å². The smallest absolute Gasteiger partial charge is 0.253 e. The molecule has 0 fully saturated rings. The van der Waals surface area contributed by atoms with Gasteiger partial charge in [-0.2, -0.15) is 0 Å². The molecule has 0 aliphatic carbocycles. The van der Waals surface area contributed by atoms with Crippen LogP contribution in [0.5, 0.6) is 5.75 Å². The number of phenols is 1. The number of aromatic hydroxyl groups is 1. The van der Waals surface area contributed by atoms with Crippen LogP contribution in [0.15, 0.2) is 18.2 Å². The summed E-state index contributed by atoms with van der Waals surface area (Å²) in [5.74, 6) is -0.285. The van der Waals surface area contributed by atoms with Gasteiger partial charge in [0.2, 0.25) is 0 Å². The number of nitrogen functional groups attached to an aromatic ring is 1. The van der Waals surface area contributed by atoms with Crippen molar-refractivity contribution in [3.05, 3.63) is 23.8 Å². The largest absolute Gasteiger partial charge is 0.508 e. The number of nitrogens with two attached hydrogens (primary N) is 1. The number of carbonyl (C=O) groups is 1. The minimum atomic E-state index is -0.301. The molecule has 0 aromatic heterocycles. The second kappa shape index (κ2) is 8.34. The Kier molecular flexibility index (Phi) is 6.70. The van der Waals surface area contributed by atoms with E-state index in [0.717, 1.165) is 0 Å². The van der Waals surface area contributed by atoms with Gasteiger partial charge in [-0.15, -0.1) is 0 Å². The van der Waals surface area contributed by atoms with Crippen molar-refractivity contribution in [1.29, 1.82) is 0 Å². The van der Waals surface area contributed by atoms with Gasteiger partial charge in [-0.25, -0.2) is 0 Å². The van der Waals surface area contributed by atoms with Crippen LogP contribution in [0.25, 0.3) is 0 Å². The molecule has 0 atom stereocenters. The lowest BCUT2D eigenvalue weighted by molar-refractivity contribution is 0.0688. The van der Waals surface area contributed by atoms with Gasteiger partial charge in [0.25, 0.3) is 5.91 Å². The Labute approximate surface area is 112 Å². The lowest BCUT2D eigenvalue weighted by Crippen LogP contribution is -2.26. The highest BCUT2D eigenvalue weighted by molar-refractivity contribution is 5.99. The predicted octanol–water partition coefficient (Wildman–Crippen LogP) is 0.757. The second-order valence-electron chi connectivity index (χ2n) is 3.99. The Morgan fingerprint density at radius 3 is 2.89 bits per heavy atom. The van der Waals surface area contributed by atoms with E-state index in [-0.39, 0.29) is 17.2 Å². The van der Waals surface area contributed by atoms with E-state index in [9.17, 15) is 9.90 Å². The number of rotatable bonds is 8. The van der Waals surface area contributed by atoms with Crippen LogP contribution in [0, 0.1) is 0 Å². The number of anilines is 1. The molecular weight excluding hydrogens is 248 g/mol. The first-order valence-corrected chi connectivity index (χ1v) is 6.08. The van der Waals surface area contributed by atoms with E-state index in [1.54, 1.807) is 7.11 Å². The monoisotopic (exact) mass is 268 g/mol. The Morgan fingerprint density at radius 1 is 1.37 bits per heavy atom. The highest BCUT2D eigenvalue weighted by Crippen LogP contribution is 2.18. The van der Waals surface area contributed by atoms with E-state index in [0.29, 0.717) is 38.5 Å². The average Bonchev–Trinajstić information content (AvgIpc) is 2.40. The molecule has 19 heavy (non-hydrogen) atoms. The van der Waals surface area contributed by atoms with Gasteiger partial charge in [0.05, 0.1) is 18.8 Å². The third-order valence-electron chi connectivity index (χ3n) is 2.46. The quantitative estimate of drug-likeness (QED) is 0.367. The van der Waals surface area contributed by atoms with Gasteiger partial charge in [-0.3, -0.25) is 4.79 Å². The molecular formula is C13H20N2O4. The summed E-state index contributed by atoms with van der Waals surface area (Å²) in [5, 5.41) is 12.0. The van der Waals surface area contributed by atoms with Gasteiger partial charge in [-0.05, 0) is 24.6 Å². The summed E-state index contributed by atoms with van der Waals surface area (Å²) >= 11 is 0. The SMILES string of the molecule is COCCOCCCNC(=O)c1cc(O)ccc1N. The van der Waals surface area contributed by atoms with E-state index >= 15 is 0 Å². The first-order chi connectivity index (χ1) is 9.15. The molecule has 0 heterocycles. The molecule has 0 saturated heterocycles. The number of hydrogen-bond donors (Lipinski definition) is 3. The van der Waals surface area contributed by atoms with Crippen molar-refractivity contribution in [3.63, 3.8) is 0 Å². The Balaban J connectivity index is 2.26. The fourth-order valence-electron chi connectivity index (χ4n) is 1.46. The predicted molar refractivity (Wildman–Crippen MR) is 72.2 cm³/mol. The van der Waals surface area contributed by atoms with Crippen LogP contribution in [0.4, 0.5) is 5.69 Å². The first kappa shape index (κ1) is 15.3. The Morgan fingerprint density at radius 2 is 2.16 bits per heavy atom. The van der Waals surface area contributed by atoms with Gasteiger partial charge in [-0.1, -0.05) is 0 Å². The molecule has 0 aliphatic rings. The summed E-state index contributed by atoms with van der Waals surface area (Å²) in [5.41, 5.74) is 6.28. The molecule has 1 aromatic carbocycles. The Bertz CT molecular complexity index is 410. The zero-order valence-corrected chi connectivity index (χ0v) is 11.0.